The first-order valence-corrected chi connectivity index (χ1v) is 6.41. The van der Waals surface area contributed by atoms with Crippen molar-refractivity contribution in [1.29, 1.82) is 0 Å². The topological polar surface area (TPSA) is 54.3 Å². The fraction of sp³-hybridized carbons (Fsp3) is 0.462. The molecule has 0 bridgehead atoms. The van der Waals surface area contributed by atoms with E-state index in [1.807, 2.05) is 12.1 Å². The lowest BCUT2D eigenvalue weighted by atomic mass is 10.3. The van der Waals surface area contributed by atoms with Gasteiger partial charge in [-0.2, -0.15) is 0 Å². The van der Waals surface area contributed by atoms with Crippen LogP contribution in [0.2, 0.25) is 0 Å². The number of hydrogen-bond acceptors (Lipinski definition) is 5. The number of anilines is 1. The fourth-order valence-electron chi connectivity index (χ4n) is 2.31. The Morgan fingerprint density at radius 3 is 2.58 bits per heavy atom. The molecule has 0 saturated carbocycles. The van der Waals surface area contributed by atoms with Gasteiger partial charge in [0.15, 0.2) is 5.65 Å². The van der Waals surface area contributed by atoms with Gasteiger partial charge in [0.1, 0.15) is 11.3 Å². The molecular weight excluding hydrogens is 242 g/mol. The van der Waals surface area contributed by atoms with E-state index in [9.17, 15) is 4.79 Å². The molecule has 0 N–H and O–H groups in total. The average Bonchev–Trinajstić information content (AvgIpc) is 2.44. The maximum Gasteiger partial charge on any atom is 0.270 e. The molecule has 3 rings (SSSR count). The van der Waals surface area contributed by atoms with Crippen molar-refractivity contribution in [3.63, 3.8) is 0 Å². The van der Waals surface area contributed by atoms with Gasteiger partial charge in [-0.3, -0.25) is 9.36 Å². The molecule has 3 heterocycles. The van der Waals surface area contributed by atoms with Crippen LogP contribution in [-0.2, 0) is 7.05 Å². The van der Waals surface area contributed by atoms with Gasteiger partial charge in [0.2, 0.25) is 0 Å². The number of aryl methyl sites for hydroxylation is 1. The first-order chi connectivity index (χ1) is 9.15. The van der Waals surface area contributed by atoms with E-state index in [1.165, 1.54) is 6.20 Å². The number of rotatable bonds is 1. The number of aromatic nitrogens is 3. The van der Waals surface area contributed by atoms with E-state index in [1.54, 1.807) is 11.6 Å². The lowest BCUT2D eigenvalue weighted by Crippen LogP contribution is -2.44. The van der Waals surface area contributed by atoms with Crippen LogP contribution < -0.4 is 10.5 Å². The number of nitrogens with zero attached hydrogens (tertiary/aromatic N) is 5. The summed E-state index contributed by atoms with van der Waals surface area (Å²) in [5.74, 6) is 0.920. The molecule has 0 unspecified atom stereocenters. The molecule has 1 aliphatic rings. The van der Waals surface area contributed by atoms with Gasteiger partial charge >= 0.3 is 0 Å². The van der Waals surface area contributed by atoms with E-state index in [4.69, 9.17) is 0 Å². The molecule has 0 amide bonds. The van der Waals surface area contributed by atoms with Crippen LogP contribution >= 0.6 is 0 Å². The molecule has 0 atom stereocenters. The summed E-state index contributed by atoms with van der Waals surface area (Å²) in [7, 11) is 3.85. The van der Waals surface area contributed by atoms with Crippen molar-refractivity contribution in [2.24, 2.45) is 7.05 Å². The van der Waals surface area contributed by atoms with E-state index in [0.29, 0.717) is 5.65 Å². The number of likely N-dealkylation sites (N-methyl/N-ethyl adjacent to an activating group) is 1. The van der Waals surface area contributed by atoms with Crippen LogP contribution in [0.5, 0.6) is 0 Å². The lowest BCUT2D eigenvalue weighted by Gasteiger charge is -2.33. The molecule has 1 saturated heterocycles. The monoisotopic (exact) mass is 259 g/mol. The van der Waals surface area contributed by atoms with Crippen LogP contribution in [0, 0.1) is 0 Å². The van der Waals surface area contributed by atoms with Crippen molar-refractivity contribution in [3.8, 4) is 0 Å². The lowest BCUT2D eigenvalue weighted by molar-refractivity contribution is 0.312. The minimum atomic E-state index is -0.129. The molecule has 19 heavy (non-hydrogen) atoms. The van der Waals surface area contributed by atoms with Crippen LogP contribution in [0.15, 0.2) is 23.1 Å². The number of piperazine rings is 1. The van der Waals surface area contributed by atoms with Crippen molar-refractivity contribution in [1.82, 2.24) is 19.4 Å². The van der Waals surface area contributed by atoms with Crippen molar-refractivity contribution < 1.29 is 0 Å². The van der Waals surface area contributed by atoms with Crippen LogP contribution in [0.1, 0.15) is 0 Å². The van der Waals surface area contributed by atoms with E-state index >= 15 is 0 Å². The quantitative estimate of drug-likeness (QED) is 0.726. The summed E-state index contributed by atoms with van der Waals surface area (Å²) in [4.78, 5) is 24.9. The van der Waals surface area contributed by atoms with Gasteiger partial charge in [-0.1, -0.05) is 0 Å². The van der Waals surface area contributed by atoms with Crippen molar-refractivity contribution in [3.05, 3.63) is 28.7 Å². The summed E-state index contributed by atoms with van der Waals surface area (Å²) >= 11 is 0. The van der Waals surface area contributed by atoms with Gasteiger partial charge in [0.25, 0.3) is 5.56 Å². The summed E-state index contributed by atoms with van der Waals surface area (Å²) in [6, 6.07) is 3.90. The van der Waals surface area contributed by atoms with Crippen LogP contribution in [-0.4, -0.2) is 52.7 Å². The molecule has 0 radical (unpaired) electrons. The molecule has 100 valence electrons. The van der Waals surface area contributed by atoms with Crippen molar-refractivity contribution >= 4 is 17.0 Å². The Morgan fingerprint density at radius 2 is 1.84 bits per heavy atom. The van der Waals surface area contributed by atoms with E-state index in [0.717, 1.165) is 37.5 Å². The minimum absolute atomic E-state index is 0.129. The second kappa shape index (κ2) is 4.62. The molecule has 2 aromatic heterocycles. The zero-order chi connectivity index (χ0) is 13.4. The highest BCUT2D eigenvalue weighted by Gasteiger charge is 2.16. The second-order valence-corrected chi connectivity index (χ2v) is 4.96. The summed E-state index contributed by atoms with van der Waals surface area (Å²) in [6.45, 7) is 3.99. The van der Waals surface area contributed by atoms with E-state index in [-0.39, 0.29) is 5.56 Å². The highest BCUT2D eigenvalue weighted by atomic mass is 16.1. The van der Waals surface area contributed by atoms with E-state index in [2.05, 4.69) is 26.8 Å². The Bertz CT molecular complexity index is 658. The predicted octanol–water partition coefficient (Wildman–Crippen LogP) is 0.0803. The maximum atomic E-state index is 11.6. The van der Waals surface area contributed by atoms with Gasteiger partial charge in [0, 0.05) is 33.2 Å². The van der Waals surface area contributed by atoms with Gasteiger partial charge in [-0.15, -0.1) is 0 Å². The Kier molecular flexibility index (Phi) is 2.94. The second-order valence-electron chi connectivity index (χ2n) is 4.96. The van der Waals surface area contributed by atoms with Crippen LogP contribution in [0.4, 0.5) is 5.82 Å². The normalized spacial score (nSPS) is 17.1. The Labute approximate surface area is 111 Å². The number of fused-ring (bicyclic) bond motifs is 1. The average molecular weight is 259 g/mol. The van der Waals surface area contributed by atoms with Crippen molar-refractivity contribution in [2.75, 3.05) is 38.1 Å². The summed E-state index contributed by atoms with van der Waals surface area (Å²) in [5, 5.41) is 0. The summed E-state index contributed by atoms with van der Waals surface area (Å²) < 4.78 is 1.54. The minimum Gasteiger partial charge on any atom is -0.354 e. The van der Waals surface area contributed by atoms with Gasteiger partial charge in [-0.05, 0) is 19.2 Å². The standard InChI is InChI=1S/C13H17N5O/c1-16-5-7-18(8-6-16)11-4-3-10-13(15-11)17(2)12(19)9-14-10/h3-4,9H,5-8H2,1-2H3. The smallest absolute Gasteiger partial charge is 0.270 e. The molecule has 6 nitrogen and oxygen atoms in total. The van der Waals surface area contributed by atoms with E-state index < -0.39 is 0 Å². The van der Waals surface area contributed by atoms with Gasteiger partial charge in [0.05, 0.1) is 6.20 Å². The zero-order valence-corrected chi connectivity index (χ0v) is 11.2. The van der Waals surface area contributed by atoms with Crippen LogP contribution in [0.25, 0.3) is 11.2 Å². The molecule has 0 aliphatic carbocycles. The van der Waals surface area contributed by atoms with Crippen molar-refractivity contribution in [2.45, 2.75) is 0 Å². The number of hydrogen-bond donors (Lipinski definition) is 0. The highest BCUT2D eigenvalue weighted by molar-refractivity contribution is 5.72. The highest BCUT2D eigenvalue weighted by Crippen LogP contribution is 2.16. The molecule has 1 fully saturated rings. The Morgan fingerprint density at radius 1 is 1.11 bits per heavy atom. The summed E-state index contributed by atoms with van der Waals surface area (Å²) in [6.07, 6.45) is 1.33. The maximum absolute atomic E-state index is 11.6. The Balaban J connectivity index is 2.01. The third-order valence-corrected chi connectivity index (χ3v) is 3.63. The molecule has 0 aromatic carbocycles. The SMILES string of the molecule is CN1CCN(c2ccc3ncc(=O)n(C)c3n2)CC1. The fourth-order valence-corrected chi connectivity index (χ4v) is 2.31. The Hall–Kier alpha value is -1.95. The molecular formula is C13H17N5O. The first-order valence-electron chi connectivity index (χ1n) is 6.41. The largest absolute Gasteiger partial charge is 0.354 e. The zero-order valence-electron chi connectivity index (χ0n) is 11.2. The molecule has 1 aliphatic heterocycles. The third-order valence-electron chi connectivity index (χ3n) is 3.63. The molecule has 0 spiro atoms. The molecule has 6 heteroatoms. The van der Waals surface area contributed by atoms with Crippen LogP contribution in [0.3, 0.4) is 0 Å². The van der Waals surface area contributed by atoms with Gasteiger partial charge < -0.3 is 9.80 Å². The van der Waals surface area contributed by atoms with Gasteiger partial charge in [-0.25, -0.2) is 9.97 Å². The number of pyridine rings is 1. The predicted molar refractivity (Wildman–Crippen MR) is 74.5 cm³/mol. The summed E-state index contributed by atoms with van der Waals surface area (Å²) in [5.41, 5.74) is 1.26. The molecule has 2 aromatic rings. The first kappa shape index (κ1) is 12.1. The third kappa shape index (κ3) is 2.19.